The molecule has 0 amide bonds. The number of nitrogens with two attached hydrogens (primary N) is 1. The Morgan fingerprint density at radius 2 is 2.24 bits per heavy atom. The summed E-state index contributed by atoms with van der Waals surface area (Å²) in [6.45, 7) is 1.57. The topological polar surface area (TPSA) is 75.2 Å². The molecule has 1 aromatic rings. The minimum atomic E-state index is 0.409. The van der Waals surface area contributed by atoms with E-state index in [9.17, 15) is 0 Å². The number of pyridine rings is 1. The maximum atomic E-state index is 8.76. The highest BCUT2D eigenvalue weighted by molar-refractivity contribution is 5.64. The van der Waals surface area contributed by atoms with Crippen molar-refractivity contribution in [1.82, 2.24) is 4.98 Å². The lowest BCUT2D eigenvalue weighted by Crippen LogP contribution is -2.37. The number of nitrogen functional groups attached to an aromatic ring is 1. The highest BCUT2D eigenvalue weighted by Gasteiger charge is 2.21. The number of aromatic nitrogens is 1. The number of nitriles is 1. The molecule has 0 unspecified atom stereocenters. The molecule has 5 nitrogen and oxygen atoms in total. The summed E-state index contributed by atoms with van der Waals surface area (Å²) in [6.07, 6.45) is 3.52. The number of nitrogens with zero attached hydrogens (tertiary/aromatic N) is 3. The largest absolute Gasteiger partial charge is 0.396 e. The molecule has 0 aromatic carbocycles. The van der Waals surface area contributed by atoms with Crippen molar-refractivity contribution < 1.29 is 4.74 Å². The van der Waals surface area contributed by atoms with Crippen LogP contribution in [0, 0.1) is 11.3 Å². The number of anilines is 2. The summed E-state index contributed by atoms with van der Waals surface area (Å²) in [5.41, 5.74) is 6.96. The van der Waals surface area contributed by atoms with Gasteiger partial charge in [0.2, 0.25) is 0 Å². The Morgan fingerprint density at radius 1 is 1.53 bits per heavy atom. The Kier molecular flexibility index (Phi) is 3.45. The zero-order chi connectivity index (χ0) is 12.3. The van der Waals surface area contributed by atoms with Crippen LogP contribution in [-0.4, -0.2) is 31.3 Å². The fourth-order valence-electron chi connectivity index (χ4n) is 2.08. The van der Waals surface area contributed by atoms with E-state index in [1.807, 2.05) is 13.1 Å². The molecule has 1 aliphatic heterocycles. The molecule has 90 valence electrons. The van der Waals surface area contributed by atoms with Gasteiger partial charge in [0.05, 0.1) is 11.3 Å². The van der Waals surface area contributed by atoms with E-state index in [2.05, 4.69) is 9.88 Å². The van der Waals surface area contributed by atoms with Crippen LogP contribution in [0.15, 0.2) is 12.3 Å². The summed E-state index contributed by atoms with van der Waals surface area (Å²) in [5.74, 6) is 0.746. The molecule has 0 aliphatic carbocycles. The van der Waals surface area contributed by atoms with Crippen molar-refractivity contribution in [1.29, 1.82) is 5.26 Å². The van der Waals surface area contributed by atoms with Gasteiger partial charge in [-0.05, 0) is 18.9 Å². The Bertz CT molecular complexity index is 435. The summed E-state index contributed by atoms with van der Waals surface area (Å²) in [4.78, 5) is 6.34. The Hall–Kier alpha value is -1.80. The molecule has 1 aromatic heterocycles. The monoisotopic (exact) mass is 232 g/mol. The molecule has 2 N–H and O–H groups in total. The third-order valence-corrected chi connectivity index (χ3v) is 3.10. The van der Waals surface area contributed by atoms with Gasteiger partial charge in [0.25, 0.3) is 0 Å². The van der Waals surface area contributed by atoms with Gasteiger partial charge >= 0.3 is 0 Å². The first kappa shape index (κ1) is 11.7. The standard InChI is InChI=1S/C12H16N4O/c1-16(10-2-4-17-5-3-10)12-11(14)6-9(7-13)8-15-12/h6,8,10H,2-5,14H2,1H3. The molecule has 0 atom stereocenters. The van der Waals surface area contributed by atoms with E-state index in [1.54, 1.807) is 12.3 Å². The minimum Gasteiger partial charge on any atom is -0.396 e. The van der Waals surface area contributed by atoms with Gasteiger partial charge < -0.3 is 15.4 Å². The van der Waals surface area contributed by atoms with Crippen LogP contribution in [-0.2, 0) is 4.74 Å². The van der Waals surface area contributed by atoms with E-state index < -0.39 is 0 Å². The fraction of sp³-hybridized carbons (Fsp3) is 0.500. The molecule has 2 heterocycles. The number of ether oxygens (including phenoxy) is 1. The second kappa shape index (κ2) is 5.02. The zero-order valence-corrected chi connectivity index (χ0v) is 9.89. The van der Waals surface area contributed by atoms with Gasteiger partial charge in [-0.3, -0.25) is 0 Å². The van der Waals surface area contributed by atoms with Gasteiger partial charge in [-0.25, -0.2) is 4.98 Å². The lowest BCUT2D eigenvalue weighted by Gasteiger charge is -2.32. The fourth-order valence-corrected chi connectivity index (χ4v) is 2.08. The summed E-state index contributed by atoms with van der Waals surface area (Å²) in [6, 6.07) is 4.11. The van der Waals surface area contributed by atoms with Gasteiger partial charge in [0.15, 0.2) is 5.82 Å². The molecule has 1 fully saturated rings. The van der Waals surface area contributed by atoms with Crippen molar-refractivity contribution in [2.45, 2.75) is 18.9 Å². The van der Waals surface area contributed by atoms with Crippen LogP contribution in [0.4, 0.5) is 11.5 Å². The molecule has 0 bridgehead atoms. The molecule has 1 aliphatic rings. The van der Waals surface area contributed by atoms with E-state index in [1.165, 1.54) is 0 Å². The Morgan fingerprint density at radius 3 is 2.82 bits per heavy atom. The average Bonchev–Trinajstić information content (AvgIpc) is 2.39. The Balaban J connectivity index is 2.18. The molecular weight excluding hydrogens is 216 g/mol. The normalized spacial score (nSPS) is 16.5. The first-order chi connectivity index (χ1) is 8.22. The Labute approximate surface area is 101 Å². The molecule has 0 spiro atoms. The van der Waals surface area contributed by atoms with Crippen LogP contribution in [0.1, 0.15) is 18.4 Å². The average molecular weight is 232 g/mol. The van der Waals surface area contributed by atoms with E-state index in [0.29, 0.717) is 17.3 Å². The highest BCUT2D eigenvalue weighted by atomic mass is 16.5. The van der Waals surface area contributed by atoms with Gasteiger partial charge in [0, 0.05) is 32.5 Å². The van der Waals surface area contributed by atoms with Crippen LogP contribution < -0.4 is 10.6 Å². The second-order valence-corrected chi connectivity index (χ2v) is 4.20. The summed E-state index contributed by atoms with van der Waals surface area (Å²) >= 11 is 0. The lowest BCUT2D eigenvalue weighted by atomic mass is 10.1. The first-order valence-electron chi connectivity index (χ1n) is 5.68. The van der Waals surface area contributed by atoms with Crippen LogP contribution in [0.5, 0.6) is 0 Å². The molecule has 0 radical (unpaired) electrons. The van der Waals surface area contributed by atoms with Crippen molar-refractivity contribution in [3.63, 3.8) is 0 Å². The molecular formula is C12H16N4O. The first-order valence-corrected chi connectivity index (χ1v) is 5.68. The number of hydrogen-bond donors (Lipinski definition) is 1. The minimum absolute atomic E-state index is 0.409. The molecule has 5 heteroatoms. The predicted molar refractivity (Wildman–Crippen MR) is 65.6 cm³/mol. The third-order valence-electron chi connectivity index (χ3n) is 3.10. The van der Waals surface area contributed by atoms with Crippen molar-refractivity contribution >= 4 is 11.5 Å². The maximum Gasteiger partial charge on any atom is 0.151 e. The third kappa shape index (κ3) is 2.48. The maximum absolute atomic E-state index is 8.76. The van der Waals surface area contributed by atoms with Gasteiger partial charge in [0.1, 0.15) is 6.07 Å². The number of rotatable bonds is 2. The van der Waals surface area contributed by atoms with Crippen molar-refractivity contribution in [3.8, 4) is 6.07 Å². The summed E-state index contributed by atoms with van der Waals surface area (Å²) in [5, 5.41) is 8.76. The summed E-state index contributed by atoms with van der Waals surface area (Å²) < 4.78 is 5.33. The lowest BCUT2D eigenvalue weighted by molar-refractivity contribution is 0.0854. The van der Waals surface area contributed by atoms with E-state index in [-0.39, 0.29) is 0 Å². The quantitative estimate of drug-likeness (QED) is 0.827. The van der Waals surface area contributed by atoms with Crippen molar-refractivity contribution in [3.05, 3.63) is 17.8 Å². The van der Waals surface area contributed by atoms with Crippen molar-refractivity contribution in [2.75, 3.05) is 30.9 Å². The van der Waals surface area contributed by atoms with E-state index in [0.717, 1.165) is 31.9 Å². The molecule has 17 heavy (non-hydrogen) atoms. The van der Waals surface area contributed by atoms with Gasteiger partial charge in [-0.15, -0.1) is 0 Å². The second-order valence-electron chi connectivity index (χ2n) is 4.20. The van der Waals surface area contributed by atoms with Crippen LogP contribution in [0.2, 0.25) is 0 Å². The molecule has 2 rings (SSSR count). The predicted octanol–water partition coefficient (Wildman–Crippen LogP) is 1.15. The molecule has 1 saturated heterocycles. The smallest absolute Gasteiger partial charge is 0.151 e. The molecule has 0 saturated carbocycles. The zero-order valence-electron chi connectivity index (χ0n) is 9.89. The van der Waals surface area contributed by atoms with E-state index >= 15 is 0 Å². The van der Waals surface area contributed by atoms with Crippen LogP contribution in [0.3, 0.4) is 0 Å². The van der Waals surface area contributed by atoms with Crippen LogP contribution in [0.25, 0.3) is 0 Å². The van der Waals surface area contributed by atoms with Crippen LogP contribution >= 0.6 is 0 Å². The van der Waals surface area contributed by atoms with Gasteiger partial charge in [-0.2, -0.15) is 5.26 Å². The number of hydrogen-bond acceptors (Lipinski definition) is 5. The van der Waals surface area contributed by atoms with Gasteiger partial charge in [-0.1, -0.05) is 0 Å². The summed E-state index contributed by atoms with van der Waals surface area (Å²) in [7, 11) is 1.99. The SMILES string of the molecule is CN(c1ncc(C#N)cc1N)C1CCOCC1. The highest BCUT2D eigenvalue weighted by Crippen LogP contribution is 2.24. The van der Waals surface area contributed by atoms with Crippen molar-refractivity contribution in [2.24, 2.45) is 0 Å². The van der Waals surface area contributed by atoms with E-state index in [4.69, 9.17) is 15.7 Å².